The molecule has 2 aromatic rings. The van der Waals surface area contributed by atoms with Crippen LogP contribution >= 0.6 is 0 Å². The van der Waals surface area contributed by atoms with E-state index in [0.717, 1.165) is 22.4 Å². The van der Waals surface area contributed by atoms with Crippen LogP contribution in [0.1, 0.15) is 67.3 Å². The largest absolute Gasteiger partial charge is 0.507 e. The van der Waals surface area contributed by atoms with Crippen molar-refractivity contribution in [2.45, 2.75) is 53.1 Å². The van der Waals surface area contributed by atoms with E-state index in [1.54, 1.807) is 7.11 Å². The first-order chi connectivity index (χ1) is 14.7. The number of phenolic OH excluding ortho intramolecular Hbond substituents is 2. The molecule has 1 heterocycles. The summed E-state index contributed by atoms with van der Waals surface area (Å²) in [6.07, 6.45) is 4.80. The number of phenols is 2. The first kappa shape index (κ1) is 22.5. The number of allylic oxidation sites excluding steroid dienone is 4. The SMILES string of the molecule is COc1ccc([C@@H]2CC(=O)c3c(O)cc(O)c(CC=C(C)C)c3O2)cc1CC=C(C)C. The molecule has 0 saturated carbocycles. The van der Waals surface area contributed by atoms with E-state index in [0.29, 0.717) is 18.4 Å². The summed E-state index contributed by atoms with van der Waals surface area (Å²) >= 11 is 0. The minimum atomic E-state index is -0.511. The Morgan fingerprint density at radius 3 is 2.39 bits per heavy atom. The van der Waals surface area contributed by atoms with Crippen LogP contribution in [-0.2, 0) is 12.8 Å². The molecule has 1 aliphatic heterocycles. The molecule has 31 heavy (non-hydrogen) atoms. The van der Waals surface area contributed by atoms with Gasteiger partial charge in [0.05, 0.1) is 13.5 Å². The van der Waals surface area contributed by atoms with E-state index in [-0.39, 0.29) is 35.0 Å². The van der Waals surface area contributed by atoms with Crippen molar-refractivity contribution in [1.29, 1.82) is 0 Å². The van der Waals surface area contributed by atoms with Gasteiger partial charge in [0.2, 0.25) is 0 Å². The Labute approximate surface area is 183 Å². The maximum Gasteiger partial charge on any atom is 0.174 e. The quantitative estimate of drug-likeness (QED) is 0.573. The Kier molecular flexibility index (Phi) is 6.74. The van der Waals surface area contributed by atoms with Crippen LogP contribution in [0.15, 0.2) is 47.6 Å². The highest BCUT2D eigenvalue weighted by Gasteiger charge is 2.33. The predicted molar refractivity (Wildman–Crippen MR) is 121 cm³/mol. The lowest BCUT2D eigenvalue weighted by Crippen LogP contribution is -2.22. The summed E-state index contributed by atoms with van der Waals surface area (Å²) in [5.41, 5.74) is 4.80. The zero-order valence-corrected chi connectivity index (χ0v) is 18.8. The van der Waals surface area contributed by atoms with E-state index >= 15 is 0 Å². The Morgan fingerprint density at radius 2 is 1.74 bits per heavy atom. The molecule has 0 aliphatic carbocycles. The Balaban J connectivity index is 2.04. The Bertz CT molecular complexity index is 1050. The van der Waals surface area contributed by atoms with Gasteiger partial charge in [0.15, 0.2) is 5.78 Å². The molecule has 2 aromatic carbocycles. The molecule has 0 saturated heterocycles. The molecular weight excluding hydrogens is 392 g/mol. The smallest absolute Gasteiger partial charge is 0.174 e. The molecule has 1 aliphatic rings. The summed E-state index contributed by atoms with van der Waals surface area (Å²) in [5, 5.41) is 20.7. The van der Waals surface area contributed by atoms with E-state index < -0.39 is 6.10 Å². The monoisotopic (exact) mass is 422 g/mol. The minimum Gasteiger partial charge on any atom is -0.507 e. The standard InChI is InChI=1S/C26H30O5/c1-15(2)6-8-17-12-18(9-11-23(17)30-5)24-14-22(29)25-21(28)13-20(27)19(26(25)31-24)10-7-16(3)4/h6-7,9,11-13,24,27-28H,8,10,14H2,1-5H3/t24-/m0/s1. The second kappa shape index (κ2) is 9.29. The molecule has 0 fully saturated rings. The summed E-state index contributed by atoms with van der Waals surface area (Å²) < 4.78 is 11.7. The van der Waals surface area contributed by atoms with Gasteiger partial charge in [-0.1, -0.05) is 29.4 Å². The van der Waals surface area contributed by atoms with Crippen LogP contribution in [0.25, 0.3) is 0 Å². The third kappa shape index (κ3) is 4.93. The van der Waals surface area contributed by atoms with Crippen molar-refractivity contribution in [1.82, 2.24) is 0 Å². The number of benzene rings is 2. The maximum atomic E-state index is 12.9. The summed E-state index contributed by atoms with van der Waals surface area (Å²) in [6.45, 7) is 8.01. The van der Waals surface area contributed by atoms with E-state index in [1.165, 1.54) is 11.6 Å². The number of methoxy groups -OCH3 is 1. The number of rotatable bonds is 6. The van der Waals surface area contributed by atoms with E-state index in [1.807, 2.05) is 52.0 Å². The highest BCUT2D eigenvalue weighted by molar-refractivity contribution is 6.03. The molecule has 0 spiro atoms. The van der Waals surface area contributed by atoms with Crippen LogP contribution in [0.2, 0.25) is 0 Å². The van der Waals surface area contributed by atoms with Crippen molar-refractivity contribution in [3.8, 4) is 23.0 Å². The van der Waals surface area contributed by atoms with Crippen molar-refractivity contribution in [2.24, 2.45) is 0 Å². The number of hydrogen-bond donors (Lipinski definition) is 2. The lowest BCUT2D eigenvalue weighted by Gasteiger charge is -2.28. The molecule has 5 heteroatoms. The van der Waals surface area contributed by atoms with Gasteiger partial charge in [-0.25, -0.2) is 0 Å². The average Bonchev–Trinajstić information content (AvgIpc) is 2.70. The normalized spacial score (nSPS) is 15.0. The van der Waals surface area contributed by atoms with Gasteiger partial charge in [0.25, 0.3) is 0 Å². The van der Waals surface area contributed by atoms with Crippen LogP contribution in [0.4, 0.5) is 0 Å². The molecule has 1 atom stereocenters. The summed E-state index contributed by atoms with van der Waals surface area (Å²) in [5.74, 6) is 0.502. The molecule has 0 bridgehead atoms. The van der Waals surface area contributed by atoms with Gasteiger partial charge < -0.3 is 19.7 Å². The zero-order chi connectivity index (χ0) is 22.7. The second-order valence-corrected chi connectivity index (χ2v) is 8.37. The van der Waals surface area contributed by atoms with Crippen LogP contribution in [0.3, 0.4) is 0 Å². The first-order valence-electron chi connectivity index (χ1n) is 10.4. The lowest BCUT2D eigenvalue weighted by molar-refractivity contribution is 0.0842. The highest BCUT2D eigenvalue weighted by atomic mass is 16.5. The number of carbonyl (C=O) groups excluding carboxylic acids is 1. The number of hydrogen-bond acceptors (Lipinski definition) is 5. The summed E-state index contributed by atoms with van der Waals surface area (Å²) in [6, 6.07) is 7.00. The molecule has 3 rings (SSSR count). The highest BCUT2D eigenvalue weighted by Crippen LogP contribution is 2.45. The average molecular weight is 423 g/mol. The van der Waals surface area contributed by atoms with E-state index in [9.17, 15) is 15.0 Å². The third-order valence-electron chi connectivity index (χ3n) is 5.37. The molecule has 0 unspecified atom stereocenters. The fraction of sp³-hybridized carbons (Fsp3) is 0.346. The van der Waals surface area contributed by atoms with Crippen molar-refractivity contribution < 1.29 is 24.5 Å². The van der Waals surface area contributed by atoms with Gasteiger partial charge in [-0.15, -0.1) is 0 Å². The number of ether oxygens (including phenoxy) is 2. The van der Waals surface area contributed by atoms with Gasteiger partial charge in [0, 0.05) is 11.6 Å². The van der Waals surface area contributed by atoms with Crippen molar-refractivity contribution in [3.05, 3.63) is 69.8 Å². The van der Waals surface area contributed by atoms with E-state index in [4.69, 9.17) is 9.47 Å². The molecule has 5 nitrogen and oxygen atoms in total. The molecule has 0 amide bonds. The van der Waals surface area contributed by atoms with Gasteiger partial charge in [-0.3, -0.25) is 4.79 Å². The fourth-order valence-corrected chi connectivity index (χ4v) is 3.69. The van der Waals surface area contributed by atoms with Gasteiger partial charge in [-0.05, 0) is 63.8 Å². The summed E-state index contributed by atoms with van der Waals surface area (Å²) in [4.78, 5) is 12.9. The molecule has 164 valence electrons. The number of aromatic hydroxyl groups is 2. The first-order valence-corrected chi connectivity index (χ1v) is 10.4. The molecule has 0 aromatic heterocycles. The maximum absolute atomic E-state index is 12.9. The number of Topliss-reactive ketones (excluding diaryl/α,β-unsaturated/α-hetero) is 1. The molecule has 2 N–H and O–H groups in total. The van der Waals surface area contributed by atoms with Crippen LogP contribution < -0.4 is 9.47 Å². The topological polar surface area (TPSA) is 76.0 Å². The fourth-order valence-electron chi connectivity index (χ4n) is 3.69. The Morgan fingerprint density at radius 1 is 1.06 bits per heavy atom. The van der Waals surface area contributed by atoms with E-state index in [2.05, 4.69) is 6.08 Å². The number of carbonyl (C=O) groups is 1. The Hall–Kier alpha value is -3.21. The van der Waals surface area contributed by atoms with Gasteiger partial charge >= 0.3 is 0 Å². The number of ketones is 1. The number of fused-ring (bicyclic) bond motifs is 1. The van der Waals surface area contributed by atoms with Crippen molar-refractivity contribution in [2.75, 3.05) is 7.11 Å². The van der Waals surface area contributed by atoms with Crippen LogP contribution in [-0.4, -0.2) is 23.1 Å². The van der Waals surface area contributed by atoms with Crippen LogP contribution in [0.5, 0.6) is 23.0 Å². The van der Waals surface area contributed by atoms with Crippen molar-refractivity contribution >= 4 is 5.78 Å². The molecular formula is C26H30O5. The molecule has 0 radical (unpaired) electrons. The van der Waals surface area contributed by atoms with Gasteiger partial charge in [-0.2, -0.15) is 0 Å². The second-order valence-electron chi connectivity index (χ2n) is 8.37. The van der Waals surface area contributed by atoms with Crippen LogP contribution in [0, 0.1) is 0 Å². The van der Waals surface area contributed by atoms with Crippen molar-refractivity contribution in [3.63, 3.8) is 0 Å². The lowest BCUT2D eigenvalue weighted by atomic mass is 9.91. The predicted octanol–water partition coefficient (Wildman–Crippen LogP) is 5.83. The third-order valence-corrected chi connectivity index (χ3v) is 5.37. The van der Waals surface area contributed by atoms with Gasteiger partial charge in [0.1, 0.15) is 34.7 Å². The summed E-state index contributed by atoms with van der Waals surface area (Å²) in [7, 11) is 1.64. The minimum absolute atomic E-state index is 0.0822. The zero-order valence-electron chi connectivity index (χ0n) is 18.8.